The number of likely N-dealkylation sites (N-methyl/N-ethyl adjacent to an activating group) is 2. The van der Waals surface area contributed by atoms with Crippen LogP contribution in [0.5, 0.6) is 0 Å². The van der Waals surface area contributed by atoms with E-state index in [4.69, 9.17) is 4.74 Å². The fourth-order valence-corrected chi connectivity index (χ4v) is 5.31. The van der Waals surface area contributed by atoms with E-state index in [1.165, 1.54) is 0 Å². The van der Waals surface area contributed by atoms with Crippen LogP contribution in [0.4, 0.5) is 0 Å². The Morgan fingerprint density at radius 3 is 2.31 bits per heavy atom. The number of carbonyl (C=O) groups is 3. The van der Waals surface area contributed by atoms with Crippen molar-refractivity contribution < 1.29 is 19.1 Å². The van der Waals surface area contributed by atoms with Gasteiger partial charge in [0, 0.05) is 26.3 Å². The summed E-state index contributed by atoms with van der Waals surface area (Å²) in [7, 11) is 5.41. The van der Waals surface area contributed by atoms with E-state index in [1.807, 2.05) is 52.6 Å². The molecule has 0 saturated carbocycles. The molecule has 0 aromatic rings. The third-order valence-electron chi connectivity index (χ3n) is 7.54. The van der Waals surface area contributed by atoms with Gasteiger partial charge in [-0.3, -0.25) is 19.3 Å². The van der Waals surface area contributed by atoms with Crippen molar-refractivity contribution in [1.29, 1.82) is 0 Å². The summed E-state index contributed by atoms with van der Waals surface area (Å²) in [4.78, 5) is 45.6. The smallest absolute Gasteiger partial charge is 0.249 e. The SMILES string of the molecule is COC[C@@H]1CCCN1C(=O)/C(C)=C/[C@H](C(C)C)N(C)C(=O)[C@@H](NC(=O)C1CCCCN1C)C(C)C. The highest BCUT2D eigenvalue weighted by Gasteiger charge is 2.35. The predicted octanol–water partition coefficient (Wildman–Crippen LogP) is 2.68. The van der Waals surface area contributed by atoms with Gasteiger partial charge in [-0.05, 0) is 58.0 Å². The van der Waals surface area contributed by atoms with Crippen molar-refractivity contribution in [1.82, 2.24) is 20.0 Å². The quantitative estimate of drug-likeness (QED) is 0.474. The van der Waals surface area contributed by atoms with Gasteiger partial charge in [-0.15, -0.1) is 0 Å². The lowest BCUT2D eigenvalue weighted by atomic mass is 9.96. The van der Waals surface area contributed by atoms with Crippen molar-refractivity contribution in [3.8, 4) is 0 Å². The van der Waals surface area contributed by atoms with Crippen LogP contribution in [0.1, 0.15) is 66.7 Å². The summed E-state index contributed by atoms with van der Waals surface area (Å²) in [5.74, 6) is -0.144. The standard InChI is InChI=1S/C27H48N4O4/c1-18(2)23(16-20(5)26(33)31-15-11-12-21(31)17-35-8)30(7)27(34)24(19(3)4)28-25(32)22-13-9-10-14-29(22)6/h16,18-19,21-24H,9-15,17H2,1-8H3,(H,28,32)/b20-16+/t21-,22?,23+,24-/m0/s1. The molecule has 0 aromatic carbocycles. The second-order valence-corrected chi connectivity index (χ2v) is 11.0. The van der Waals surface area contributed by atoms with Gasteiger partial charge < -0.3 is 19.9 Å². The van der Waals surface area contributed by atoms with E-state index in [0.717, 1.165) is 45.2 Å². The number of methoxy groups -OCH3 is 1. The number of amides is 3. The van der Waals surface area contributed by atoms with Crippen LogP contribution in [-0.2, 0) is 19.1 Å². The molecule has 2 heterocycles. The lowest BCUT2D eigenvalue weighted by Gasteiger charge is -2.36. The molecule has 4 atom stereocenters. The Kier molecular flexibility index (Phi) is 11.2. The third-order valence-corrected chi connectivity index (χ3v) is 7.54. The fraction of sp³-hybridized carbons (Fsp3) is 0.815. The van der Waals surface area contributed by atoms with E-state index in [0.29, 0.717) is 12.2 Å². The minimum Gasteiger partial charge on any atom is -0.383 e. The van der Waals surface area contributed by atoms with Crippen LogP contribution in [-0.4, -0.2) is 97.5 Å². The van der Waals surface area contributed by atoms with Crippen LogP contribution in [0.2, 0.25) is 0 Å². The Hall–Kier alpha value is -1.93. The van der Waals surface area contributed by atoms with Crippen molar-refractivity contribution in [2.45, 2.75) is 90.9 Å². The Labute approximate surface area is 212 Å². The number of likely N-dealkylation sites (tertiary alicyclic amines) is 2. The average molecular weight is 493 g/mol. The lowest BCUT2D eigenvalue weighted by Crippen LogP contribution is -2.57. The van der Waals surface area contributed by atoms with Gasteiger partial charge in [0.1, 0.15) is 6.04 Å². The summed E-state index contributed by atoms with van der Waals surface area (Å²) in [6.07, 6.45) is 6.78. The van der Waals surface area contributed by atoms with Crippen molar-refractivity contribution in [2.75, 3.05) is 40.9 Å². The predicted molar refractivity (Wildman–Crippen MR) is 139 cm³/mol. The summed E-state index contributed by atoms with van der Waals surface area (Å²) in [6.45, 7) is 12.0. The van der Waals surface area contributed by atoms with Crippen LogP contribution in [0.25, 0.3) is 0 Å². The van der Waals surface area contributed by atoms with Crippen molar-refractivity contribution in [3.63, 3.8) is 0 Å². The summed E-state index contributed by atoms with van der Waals surface area (Å²) in [6, 6.07) is -0.959. The Balaban J connectivity index is 2.17. The van der Waals surface area contributed by atoms with Crippen molar-refractivity contribution >= 4 is 17.7 Å². The Bertz CT molecular complexity index is 766. The number of piperidine rings is 1. The summed E-state index contributed by atoms with van der Waals surface area (Å²) >= 11 is 0. The number of rotatable bonds is 10. The Morgan fingerprint density at radius 2 is 1.74 bits per heavy atom. The first-order chi connectivity index (χ1) is 16.5. The molecule has 200 valence electrons. The molecule has 0 bridgehead atoms. The number of hydrogen-bond acceptors (Lipinski definition) is 5. The normalized spacial score (nSPS) is 23.5. The largest absolute Gasteiger partial charge is 0.383 e. The topological polar surface area (TPSA) is 82.2 Å². The molecule has 3 amide bonds. The molecule has 8 nitrogen and oxygen atoms in total. The molecule has 0 spiro atoms. The lowest BCUT2D eigenvalue weighted by molar-refractivity contribution is -0.139. The maximum absolute atomic E-state index is 13.6. The number of nitrogens with zero attached hydrogens (tertiary/aromatic N) is 3. The van der Waals surface area contributed by atoms with Crippen LogP contribution in [0.15, 0.2) is 11.6 Å². The van der Waals surface area contributed by atoms with Crippen molar-refractivity contribution in [3.05, 3.63) is 11.6 Å². The van der Waals surface area contributed by atoms with Crippen LogP contribution >= 0.6 is 0 Å². The third kappa shape index (κ3) is 7.53. The van der Waals surface area contributed by atoms with Crippen LogP contribution < -0.4 is 5.32 Å². The summed E-state index contributed by atoms with van der Waals surface area (Å²) in [5, 5.41) is 3.05. The molecule has 8 heteroatoms. The maximum Gasteiger partial charge on any atom is 0.249 e. The number of ether oxygens (including phenoxy) is 1. The van der Waals surface area contributed by atoms with Gasteiger partial charge in [-0.25, -0.2) is 0 Å². The van der Waals surface area contributed by atoms with E-state index < -0.39 is 6.04 Å². The monoisotopic (exact) mass is 492 g/mol. The molecular formula is C27H48N4O4. The first-order valence-corrected chi connectivity index (χ1v) is 13.2. The molecule has 35 heavy (non-hydrogen) atoms. The maximum atomic E-state index is 13.6. The van der Waals surface area contributed by atoms with E-state index in [1.54, 1.807) is 19.1 Å². The fourth-order valence-electron chi connectivity index (χ4n) is 5.31. The molecule has 0 aliphatic carbocycles. The molecule has 2 saturated heterocycles. The van der Waals surface area contributed by atoms with E-state index in [9.17, 15) is 14.4 Å². The molecule has 2 fully saturated rings. The number of nitrogens with one attached hydrogen (secondary N) is 1. The molecule has 2 aliphatic heterocycles. The van der Waals surface area contributed by atoms with Gasteiger partial charge in [0.2, 0.25) is 17.7 Å². The van der Waals surface area contributed by atoms with Gasteiger partial charge in [0.25, 0.3) is 0 Å². The zero-order valence-electron chi connectivity index (χ0n) is 23.2. The average Bonchev–Trinajstić information content (AvgIpc) is 3.27. The first-order valence-electron chi connectivity index (χ1n) is 13.2. The van der Waals surface area contributed by atoms with Gasteiger partial charge >= 0.3 is 0 Å². The highest BCUT2D eigenvalue weighted by Crippen LogP contribution is 2.22. The van der Waals surface area contributed by atoms with E-state index in [-0.39, 0.29) is 47.7 Å². The zero-order chi connectivity index (χ0) is 26.3. The van der Waals surface area contributed by atoms with Gasteiger partial charge in [0.15, 0.2) is 0 Å². The molecule has 0 radical (unpaired) electrons. The highest BCUT2D eigenvalue weighted by molar-refractivity contribution is 5.94. The van der Waals surface area contributed by atoms with Crippen molar-refractivity contribution in [2.24, 2.45) is 11.8 Å². The van der Waals surface area contributed by atoms with Gasteiger partial charge in [-0.2, -0.15) is 0 Å². The molecular weight excluding hydrogens is 444 g/mol. The van der Waals surface area contributed by atoms with E-state index >= 15 is 0 Å². The highest BCUT2D eigenvalue weighted by atomic mass is 16.5. The minimum atomic E-state index is -0.613. The molecule has 1 N–H and O–H groups in total. The second-order valence-electron chi connectivity index (χ2n) is 11.0. The molecule has 2 rings (SSSR count). The molecule has 0 aromatic heterocycles. The summed E-state index contributed by atoms with van der Waals surface area (Å²) < 4.78 is 5.30. The molecule has 1 unspecified atom stereocenters. The first kappa shape index (κ1) is 29.3. The van der Waals surface area contributed by atoms with Gasteiger partial charge in [0.05, 0.1) is 24.7 Å². The summed E-state index contributed by atoms with van der Waals surface area (Å²) in [5.41, 5.74) is 0.639. The van der Waals surface area contributed by atoms with E-state index in [2.05, 4.69) is 10.2 Å². The van der Waals surface area contributed by atoms with Crippen LogP contribution in [0.3, 0.4) is 0 Å². The second kappa shape index (κ2) is 13.4. The molecule has 2 aliphatic rings. The minimum absolute atomic E-state index is 0.00472. The Morgan fingerprint density at radius 1 is 1.06 bits per heavy atom. The van der Waals surface area contributed by atoms with Crippen LogP contribution in [0, 0.1) is 11.8 Å². The van der Waals surface area contributed by atoms with Gasteiger partial charge in [-0.1, -0.05) is 40.2 Å². The number of hydrogen-bond donors (Lipinski definition) is 1. The number of carbonyl (C=O) groups excluding carboxylic acids is 3. The zero-order valence-corrected chi connectivity index (χ0v) is 23.2.